The Morgan fingerprint density at radius 2 is 1.54 bits per heavy atom. The molecule has 0 saturated carbocycles. The summed E-state index contributed by atoms with van der Waals surface area (Å²) in [5.74, 6) is 0.696. The van der Waals surface area contributed by atoms with Crippen molar-refractivity contribution in [1.29, 1.82) is 0 Å². The summed E-state index contributed by atoms with van der Waals surface area (Å²) in [4.78, 5) is 2.49. The summed E-state index contributed by atoms with van der Waals surface area (Å²) in [6, 6.07) is 0. The molecule has 0 spiro atoms. The van der Waals surface area contributed by atoms with Gasteiger partial charge in [-0.2, -0.15) is 0 Å². The van der Waals surface area contributed by atoms with Crippen LogP contribution in [0.15, 0.2) is 0 Å². The van der Waals surface area contributed by atoms with Gasteiger partial charge in [-0.05, 0) is 60.0 Å². The van der Waals surface area contributed by atoms with Gasteiger partial charge in [-0.15, -0.1) is 0 Å². The smallest absolute Gasteiger partial charge is 0.0158 e. The van der Waals surface area contributed by atoms with Crippen molar-refractivity contribution in [1.82, 2.24) is 4.90 Å². The van der Waals surface area contributed by atoms with Gasteiger partial charge in [0, 0.05) is 11.1 Å². The van der Waals surface area contributed by atoms with Crippen LogP contribution in [-0.4, -0.2) is 29.6 Å². The highest BCUT2D eigenvalue weighted by molar-refractivity contribution is 4.98. The third-order valence-corrected chi connectivity index (χ3v) is 3.73. The van der Waals surface area contributed by atoms with E-state index in [4.69, 9.17) is 5.73 Å². The molecule has 0 bridgehead atoms. The van der Waals surface area contributed by atoms with Crippen LogP contribution in [0.25, 0.3) is 0 Å². The first-order valence-electron chi connectivity index (χ1n) is 5.23. The van der Waals surface area contributed by atoms with Crippen LogP contribution in [0, 0.1) is 5.92 Å². The molecule has 1 fully saturated rings. The van der Waals surface area contributed by atoms with Crippen LogP contribution in [-0.2, 0) is 0 Å². The molecule has 78 valence electrons. The van der Waals surface area contributed by atoms with E-state index < -0.39 is 0 Å². The Kier molecular flexibility index (Phi) is 2.75. The lowest BCUT2D eigenvalue weighted by Gasteiger charge is -2.53. The average molecular weight is 184 g/mol. The molecular weight excluding hydrogens is 160 g/mol. The first-order chi connectivity index (χ1) is 5.79. The predicted molar refractivity (Wildman–Crippen MR) is 57.7 cm³/mol. The summed E-state index contributed by atoms with van der Waals surface area (Å²) in [6.45, 7) is 10.1. The summed E-state index contributed by atoms with van der Waals surface area (Å²) >= 11 is 0. The number of nitrogens with zero attached hydrogens (tertiary/aromatic N) is 1. The molecule has 0 radical (unpaired) electrons. The highest BCUT2D eigenvalue weighted by Gasteiger charge is 2.42. The van der Waals surface area contributed by atoms with Gasteiger partial charge in [0.25, 0.3) is 0 Å². The largest absolute Gasteiger partial charge is 0.330 e. The zero-order valence-electron chi connectivity index (χ0n) is 9.72. The van der Waals surface area contributed by atoms with E-state index >= 15 is 0 Å². The van der Waals surface area contributed by atoms with E-state index in [2.05, 4.69) is 39.6 Å². The van der Waals surface area contributed by atoms with Crippen LogP contribution in [0.4, 0.5) is 0 Å². The number of hydrogen-bond acceptors (Lipinski definition) is 2. The Bertz CT molecular complexity index is 167. The van der Waals surface area contributed by atoms with Gasteiger partial charge >= 0.3 is 0 Å². The number of rotatable bonds is 1. The van der Waals surface area contributed by atoms with Crippen LogP contribution in [0.3, 0.4) is 0 Å². The van der Waals surface area contributed by atoms with Crippen LogP contribution >= 0.6 is 0 Å². The van der Waals surface area contributed by atoms with Gasteiger partial charge in [0.05, 0.1) is 0 Å². The molecule has 0 unspecified atom stereocenters. The SMILES string of the molecule is CN1C(C)(C)CC(CN)CC1(C)C. The van der Waals surface area contributed by atoms with Crippen LogP contribution in [0.2, 0.25) is 0 Å². The van der Waals surface area contributed by atoms with Crippen molar-refractivity contribution in [2.45, 2.75) is 51.6 Å². The fourth-order valence-electron chi connectivity index (χ4n) is 2.74. The van der Waals surface area contributed by atoms with Crippen molar-refractivity contribution in [2.75, 3.05) is 13.6 Å². The second kappa shape index (κ2) is 3.25. The van der Waals surface area contributed by atoms with Crippen molar-refractivity contribution in [2.24, 2.45) is 11.7 Å². The zero-order chi connectivity index (χ0) is 10.3. The molecule has 1 rings (SSSR count). The number of hydrogen-bond donors (Lipinski definition) is 1. The van der Waals surface area contributed by atoms with Crippen molar-refractivity contribution in [3.8, 4) is 0 Å². The normalized spacial score (nSPS) is 29.1. The molecule has 0 aromatic carbocycles. The van der Waals surface area contributed by atoms with Gasteiger partial charge in [0.2, 0.25) is 0 Å². The summed E-state index contributed by atoms with van der Waals surface area (Å²) in [5, 5.41) is 0. The Balaban J connectivity index is 2.82. The summed E-state index contributed by atoms with van der Waals surface area (Å²) in [7, 11) is 2.23. The van der Waals surface area contributed by atoms with Crippen molar-refractivity contribution < 1.29 is 0 Å². The molecule has 1 aliphatic rings. The van der Waals surface area contributed by atoms with Crippen LogP contribution in [0.1, 0.15) is 40.5 Å². The topological polar surface area (TPSA) is 29.3 Å². The summed E-state index contributed by atoms with van der Waals surface area (Å²) < 4.78 is 0. The molecule has 0 amide bonds. The van der Waals surface area contributed by atoms with Crippen LogP contribution < -0.4 is 5.73 Å². The molecular formula is C11H24N2. The molecule has 0 aromatic heterocycles. The molecule has 13 heavy (non-hydrogen) atoms. The molecule has 0 atom stereocenters. The first kappa shape index (κ1) is 11.0. The lowest BCUT2D eigenvalue weighted by molar-refractivity contribution is -0.0277. The Morgan fingerprint density at radius 1 is 1.15 bits per heavy atom. The molecule has 0 aromatic rings. The quantitative estimate of drug-likeness (QED) is 0.674. The molecule has 1 aliphatic heterocycles. The van der Waals surface area contributed by atoms with Crippen molar-refractivity contribution >= 4 is 0 Å². The van der Waals surface area contributed by atoms with Gasteiger partial charge < -0.3 is 5.73 Å². The maximum Gasteiger partial charge on any atom is 0.0158 e. The molecule has 2 N–H and O–H groups in total. The average Bonchev–Trinajstić information content (AvgIpc) is 1.99. The van der Waals surface area contributed by atoms with Gasteiger partial charge in [0.15, 0.2) is 0 Å². The van der Waals surface area contributed by atoms with E-state index in [0.717, 1.165) is 6.54 Å². The first-order valence-corrected chi connectivity index (χ1v) is 5.23. The second-order valence-corrected chi connectivity index (χ2v) is 5.69. The molecule has 1 saturated heterocycles. The van der Waals surface area contributed by atoms with Crippen molar-refractivity contribution in [3.05, 3.63) is 0 Å². The molecule has 2 heteroatoms. The van der Waals surface area contributed by atoms with Gasteiger partial charge in [-0.25, -0.2) is 0 Å². The molecule has 2 nitrogen and oxygen atoms in total. The standard InChI is InChI=1S/C11H24N2/c1-10(2)6-9(8-12)7-11(3,4)13(10)5/h9H,6-8,12H2,1-5H3. The van der Waals surface area contributed by atoms with Gasteiger partial charge in [-0.1, -0.05) is 0 Å². The lowest BCUT2D eigenvalue weighted by atomic mass is 9.74. The van der Waals surface area contributed by atoms with E-state index in [9.17, 15) is 0 Å². The summed E-state index contributed by atoms with van der Waals surface area (Å²) in [5.41, 5.74) is 6.37. The summed E-state index contributed by atoms with van der Waals surface area (Å²) in [6.07, 6.45) is 2.45. The zero-order valence-corrected chi connectivity index (χ0v) is 9.72. The third-order valence-electron chi connectivity index (χ3n) is 3.73. The Labute approximate surface area is 82.5 Å². The maximum atomic E-state index is 5.77. The van der Waals surface area contributed by atoms with Gasteiger partial charge in [-0.3, -0.25) is 4.90 Å². The van der Waals surface area contributed by atoms with E-state index in [1.165, 1.54) is 12.8 Å². The predicted octanol–water partition coefficient (Wildman–Crippen LogP) is 1.84. The second-order valence-electron chi connectivity index (χ2n) is 5.69. The maximum absolute atomic E-state index is 5.77. The number of nitrogens with two attached hydrogens (primary N) is 1. The fraction of sp³-hybridized carbons (Fsp3) is 1.00. The Morgan fingerprint density at radius 3 is 1.85 bits per heavy atom. The van der Waals surface area contributed by atoms with Gasteiger partial charge in [0.1, 0.15) is 0 Å². The number of likely N-dealkylation sites (tertiary alicyclic amines) is 1. The van der Waals surface area contributed by atoms with Crippen molar-refractivity contribution in [3.63, 3.8) is 0 Å². The van der Waals surface area contributed by atoms with E-state index in [1.807, 2.05) is 0 Å². The van der Waals surface area contributed by atoms with E-state index in [1.54, 1.807) is 0 Å². The highest BCUT2D eigenvalue weighted by Crippen LogP contribution is 2.39. The lowest BCUT2D eigenvalue weighted by Crippen LogP contribution is -2.59. The monoisotopic (exact) mass is 184 g/mol. The minimum absolute atomic E-state index is 0.297. The fourth-order valence-corrected chi connectivity index (χ4v) is 2.74. The minimum atomic E-state index is 0.297. The number of piperidine rings is 1. The van der Waals surface area contributed by atoms with Crippen LogP contribution in [0.5, 0.6) is 0 Å². The third kappa shape index (κ3) is 2.05. The Hall–Kier alpha value is -0.0800. The van der Waals surface area contributed by atoms with E-state index in [-0.39, 0.29) is 0 Å². The molecule has 1 heterocycles. The van der Waals surface area contributed by atoms with E-state index in [0.29, 0.717) is 17.0 Å². The molecule has 0 aliphatic carbocycles. The minimum Gasteiger partial charge on any atom is -0.330 e. The highest BCUT2D eigenvalue weighted by atomic mass is 15.2.